The number of nitrogen functional groups attached to an aromatic ring is 1. The van der Waals surface area contributed by atoms with Gasteiger partial charge in [0.2, 0.25) is 16.9 Å². The highest BCUT2D eigenvalue weighted by Crippen LogP contribution is 2.61. The zero-order valence-electron chi connectivity index (χ0n) is 29.0. The van der Waals surface area contributed by atoms with E-state index in [1.54, 1.807) is 0 Å². The fraction of sp³-hybridized carbons (Fsp3) is 0.680. The van der Waals surface area contributed by atoms with Crippen molar-refractivity contribution < 1.29 is 85.6 Å². The number of hydrogen-bond donors (Lipinski definition) is 10. The lowest BCUT2D eigenvalue weighted by atomic mass is 9.87. The van der Waals surface area contributed by atoms with E-state index >= 15 is 0 Å². The molecule has 0 radical (unpaired) electrons. The molecule has 2 aromatic rings. The summed E-state index contributed by atoms with van der Waals surface area (Å²) < 4.78 is 61.9. The van der Waals surface area contributed by atoms with Gasteiger partial charge in [0.25, 0.3) is 0 Å². The van der Waals surface area contributed by atoms with Gasteiger partial charge in [-0.25, -0.2) is 28.6 Å². The van der Waals surface area contributed by atoms with Crippen LogP contribution in [0.25, 0.3) is 11.2 Å². The minimum Gasteiger partial charge on any atom is -0.386 e. The molecule has 1 fully saturated rings. The highest BCUT2D eigenvalue weighted by Gasteiger charge is 2.50. The highest BCUT2D eigenvalue weighted by molar-refractivity contribution is 8.13. The normalized spacial score (nSPS) is 22.4. The second-order valence-electron chi connectivity index (χ2n) is 12.8. The smallest absolute Gasteiger partial charge is 0.386 e. The number of nitrogens with two attached hydrogens (primary N) is 1. The van der Waals surface area contributed by atoms with Crippen molar-refractivity contribution in [2.75, 3.05) is 37.8 Å². The number of phosphoric ester groups is 3. The zero-order valence-corrected chi connectivity index (χ0v) is 32.5. The first-order valence-corrected chi connectivity index (χ1v) is 21.0. The molecule has 2 aromatic heterocycles. The van der Waals surface area contributed by atoms with Crippen molar-refractivity contribution in [2.45, 2.75) is 70.4 Å². The van der Waals surface area contributed by atoms with E-state index in [0.29, 0.717) is 0 Å². The summed E-state index contributed by atoms with van der Waals surface area (Å²) in [5, 5.41) is 35.3. The van der Waals surface area contributed by atoms with E-state index in [9.17, 15) is 63.0 Å². The zero-order chi connectivity index (χ0) is 40.9. The number of rotatable bonds is 20. The number of imidazole rings is 1. The van der Waals surface area contributed by atoms with Gasteiger partial charge in [-0.1, -0.05) is 25.6 Å². The predicted octanol–water partition coefficient (Wildman–Crippen LogP) is -1.56. The summed E-state index contributed by atoms with van der Waals surface area (Å²) in [5.74, 6) is -1.35. The van der Waals surface area contributed by atoms with Crippen LogP contribution in [0.1, 0.15) is 40.3 Å². The van der Waals surface area contributed by atoms with Gasteiger partial charge < -0.3 is 56.0 Å². The molecular weight excluding hydrogens is 811 g/mol. The Morgan fingerprint density at radius 2 is 1.69 bits per heavy atom. The van der Waals surface area contributed by atoms with Crippen LogP contribution in [0.2, 0.25) is 0 Å². The van der Waals surface area contributed by atoms with E-state index < -0.39 is 95.3 Å². The SMILES string of the molecule is CC(C)(O)C(=O)SCCNC(=O)CCNC(=O)[C@H](O)C(C)(C)COP(=O)(O)OP(=O)(O)OC[C@H]1O[C@@H](n2cnc3c(N)ncnc32)[C@@H](O)C1OP(=O)(O)O. The van der Waals surface area contributed by atoms with Crippen LogP contribution < -0.4 is 16.4 Å². The molecule has 0 aromatic carbocycles. The summed E-state index contributed by atoms with van der Waals surface area (Å²) in [6.45, 7) is 2.95. The molecule has 306 valence electrons. The van der Waals surface area contributed by atoms with Crippen LogP contribution >= 0.6 is 35.2 Å². The second kappa shape index (κ2) is 18.2. The van der Waals surface area contributed by atoms with E-state index in [1.165, 1.54) is 27.7 Å². The molecule has 0 saturated carbocycles. The molecule has 1 saturated heterocycles. The summed E-state index contributed by atoms with van der Waals surface area (Å²) in [4.78, 5) is 87.0. The monoisotopic (exact) mass is 853 g/mol. The number of aliphatic hydroxyl groups excluding tert-OH is 2. The van der Waals surface area contributed by atoms with Crippen molar-refractivity contribution in [1.82, 2.24) is 30.2 Å². The Bertz CT molecular complexity index is 1810. The number of aromatic nitrogens is 4. The van der Waals surface area contributed by atoms with Crippen LogP contribution in [0.3, 0.4) is 0 Å². The van der Waals surface area contributed by atoms with Gasteiger partial charge in [0.05, 0.1) is 19.5 Å². The fourth-order valence-electron chi connectivity index (χ4n) is 4.45. The van der Waals surface area contributed by atoms with Gasteiger partial charge in [-0.3, -0.25) is 32.5 Å². The highest BCUT2D eigenvalue weighted by atomic mass is 32.2. The number of aliphatic hydroxyl groups is 3. The molecular formula is C25H42N7O18P3S. The van der Waals surface area contributed by atoms with Gasteiger partial charge in [0.1, 0.15) is 41.9 Å². The standard InChI is InChI=1S/C25H42N7O18P3S/c1-24(2,18(35)21(36)28-6-5-14(33)27-7-8-54-23(37)25(3,4)38)10-47-53(44,45)50-52(42,43)46-9-13-17(49-51(39,40)41)16(34)22(48-13)32-12-31-15-19(26)29-11-30-20(15)32/h11-13,16-18,22,34-35,38H,5-10H2,1-4H3,(H,27,33)(H,28,36)(H,42,43)(H,44,45)(H2,26,29,30)(H2,39,40,41)/t13-,16+,17?,18+,22-/m1/s1. The molecule has 3 rings (SSSR count). The Labute approximate surface area is 310 Å². The Kier molecular flexibility index (Phi) is 15.5. The number of fused-ring (bicyclic) bond motifs is 1. The molecule has 0 bridgehead atoms. The molecule has 54 heavy (non-hydrogen) atoms. The minimum atomic E-state index is -5.58. The van der Waals surface area contributed by atoms with Gasteiger partial charge in [-0.15, -0.1) is 0 Å². The Morgan fingerprint density at radius 3 is 2.31 bits per heavy atom. The van der Waals surface area contributed by atoms with E-state index in [-0.39, 0.29) is 42.2 Å². The number of ether oxygens (including phenoxy) is 1. The third-order valence-electron chi connectivity index (χ3n) is 7.23. The van der Waals surface area contributed by atoms with Crippen LogP contribution in [0, 0.1) is 5.41 Å². The number of carbonyl (C=O) groups is 3. The largest absolute Gasteiger partial charge is 0.481 e. The Hall–Kier alpha value is -2.48. The van der Waals surface area contributed by atoms with Crippen LogP contribution in [-0.2, 0) is 50.7 Å². The first kappa shape index (κ1) is 45.9. The maximum atomic E-state index is 12.6. The number of phosphoric acid groups is 3. The number of thioether (sulfide) groups is 1. The van der Waals surface area contributed by atoms with Crippen molar-refractivity contribution in [1.29, 1.82) is 0 Å². The van der Waals surface area contributed by atoms with Gasteiger partial charge in [-0.05, 0) is 13.8 Å². The topological polar surface area (TPSA) is 384 Å². The molecule has 1 aliphatic rings. The number of nitrogens with one attached hydrogen (secondary N) is 2. The number of amides is 2. The third kappa shape index (κ3) is 13.3. The first-order valence-electron chi connectivity index (χ1n) is 15.5. The minimum absolute atomic E-state index is 0.0248. The fourth-order valence-corrected chi connectivity index (χ4v) is 8.02. The predicted molar refractivity (Wildman–Crippen MR) is 183 cm³/mol. The van der Waals surface area contributed by atoms with Crippen LogP contribution in [-0.4, -0.2) is 133 Å². The average molecular weight is 854 g/mol. The Morgan fingerprint density at radius 1 is 1.04 bits per heavy atom. The first-order chi connectivity index (χ1) is 24.7. The van der Waals surface area contributed by atoms with Gasteiger partial charge in [0.15, 0.2) is 17.7 Å². The van der Waals surface area contributed by atoms with Gasteiger partial charge in [-0.2, -0.15) is 4.31 Å². The summed E-state index contributed by atoms with van der Waals surface area (Å²) in [6.07, 6.45) is -7.01. The number of carbonyl (C=O) groups excluding carboxylic acids is 3. The lowest BCUT2D eigenvalue weighted by molar-refractivity contribution is -0.137. The molecule has 29 heteroatoms. The summed E-state index contributed by atoms with van der Waals surface area (Å²) in [5.41, 5.74) is 2.70. The Balaban J connectivity index is 1.51. The molecule has 0 aliphatic carbocycles. The van der Waals surface area contributed by atoms with Crippen molar-refractivity contribution >= 4 is 69.1 Å². The van der Waals surface area contributed by atoms with E-state index in [2.05, 4.69) is 34.4 Å². The maximum absolute atomic E-state index is 12.6. The maximum Gasteiger partial charge on any atom is 0.481 e. The summed E-state index contributed by atoms with van der Waals surface area (Å²) >= 11 is 0.827. The molecule has 3 unspecified atom stereocenters. The lowest BCUT2D eigenvalue weighted by Gasteiger charge is -2.30. The molecule has 0 spiro atoms. The lowest BCUT2D eigenvalue weighted by Crippen LogP contribution is -2.46. The molecule has 1 aliphatic heterocycles. The number of hydrogen-bond acceptors (Lipinski definition) is 19. The average Bonchev–Trinajstić information content (AvgIpc) is 3.60. The quantitative estimate of drug-likeness (QED) is 0.0531. The van der Waals surface area contributed by atoms with Crippen LogP contribution in [0.5, 0.6) is 0 Å². The van der Waals surface area contributed by atoms with E-state index in [4.69, 9.17) is 19.5 Å². The molecule has 11 N–H and O–H groups in total. The van der Waals surface area contributed by atoms with Crippen molar-refractivity contribution in [3.05, 3.63) is 12.7 Å². The molecule has 7 atom stereocenters. The van der Waals surface area contributed by atoms with Crippen molar-refractivity contribution in [2.24, 2.45) is 5.41 Å². The molecule has 25 nitrogen and oxygen atoms in total. The molecule has 3 heterocycles. The second-order valence-corrected chi connectivity index (χ2v) is 18.1. The van der Waals surface area contributed by atoms with Gasteiger partial charge in [0, 0.05) is 30.7 Å². The van der Waals surface area contributed by atoms with Crippen LogP contribution in [0.15, 0.2) is 12.7 Å². The van der Waals surface area contributed by atoms with Crippen molar-refractivity contribution in [3.63, 3.8) is 0 Å². The summed E-state index contributed by atoms with van der Waals surface area (Å²) in [7, 11) is -16.4. The number of nitrogens with zero attached hydrogens (tertiary/aromatic N) is 4. The van der Waals surface area contributed by atoms with Crippen LogP contribution in [0.4, 0.5) is 5.82 Å². The van der Waals surface area contributed by atoms with Crippen molar-refractivity contribution in [3.8, 4) is 0 Å². The van der Waals surface area contributed by atoms with E-state index in [0.717, 1.165) is 29.0 Å². The molecule has 2 amide bonds. The third-order valence-corrected chi connectivity index (χ3v) is 11.5. The van der Waals surface area contributed by atoms with Gasteiger partial charge >= 0.3 is 23.5 Å². The summed E-state index contributed by atoms with van der Waals surface area (Å²) in [6, 6.07) is 0. The number of anilines is 1. The van der Waals surface area contributed by atoms with E-state index in [1.807, 2.05) is 0 Å².